The molecule has 1 aliphatic heterocycles. The molecule has 3 rings (SSSR count). The number of pyridine rings is 1. The van der Waals surface area contributed by atoms with Gasteiger partial charge in [-0.25, -0.2) is 4.98 Å². The van der Waals surface area contributed by atoms with Gasteiger partial charge in [-0.1, -0.05) is 26.2 Å². The highest BCUT2D eigenvalue weighted by molar-refractivity contribution is 5.45. The smallest absolute Gasteiger partial charge is 0.129 e. The standard InChI is InChI=1S/C18H29N3/c1-2-6-16-11-14(13-19)12-18(20-16)21-10-5-8-15-7-3-4-9-17(15)21/h11-12,15,17H,2-10,13,19H2,1H3/t15-,17-/m1/s1. The van der Waals surface area contributed by atoms with E-state index in [0.29, 0.717) is 6.54 Å². The number of nitrogens with zero attached hydrogens (tertiary/aromatic N) is 2. The van der Waals surface area contributed by atoms with Crippen LogP contribution < -0.4 is 10.6 Å². The van der Waals surface area contributed by atoms with Crippen LogP contribution >= 0.6 is 0 Å². The zero-order valence-electron chi connectivity index (χ0n) is 13.4. The quantitative estimate of drug-likeness (QED) is 0.919. The lowest BCUT2D eigenvalue weighted by Gasteiger charge is -2.45. The zero-order valence-corrected chi connectivity index (χ0v) is 13.4. The molecule has 116 valence electrons. The van der Waals surface area contributed by atoms with Crippen LogP contribution in [0.2, 0.25) is 0 Å². The summed E-state index contributed by atoms with van der Waals surface area (Å²) in [7, 11) is 0. The number of piperidine rings is 1. The van der Waals surface area contributed by atoms with Gasteiger partial charge in [0, 0.05) is 24.8 Å². The Morgan fingerprint density at radius 3 is 2.81 bits per heavy atom. The predicted molar refractivity (Wildman–Crippen MR) is 88.4 cm³/mol. The molecule has 0 amide bonds. The van der Waals surface area contributed by atoms with Gasteiger partial charge in [0.05, 0.1) is 0 Å². The minimum atomic E-state index is 0.619. The summed E-state index contributed by atoms with van der Waals surface area (Å²) >= 11 is 0. The second-order valence-corrected chi connectivity index (χ2v) is 6.73. The van der Waals surface area contributed by atoms with Crippen molar-refractivity contribution in [1.29, 1.82) is 0 Å². The molecular formula is C18H29N3. The van der Waals surface area contributed by atoms with E-state index in [2.05, 4.69) is 24.0 Å². The maximum Gasteiger partial charge on any atom is 0.129 e. The van der Waals surface area contributed by atoms with Crippen LogP contribution in [0.5, 0.6) is 0 Å². The molecule has 2 aliphatic rings. The van der Waals surface area contributed by atoms with Crippen LogP contribution in [0.3, 0.4) is 0 Å². The minimum Gasteiger partial charge on any atom is -0.353 e. The van der Waals surface area contributed by atoms with E-state index in [1.807, 2.05) is 0 Å². The molecule has 0 radical (unpaired) electrons. The Hall–Kier alpha value is -1.09. The molecule has 0 aromatic carbocycles. The topological polar surface area (TPSA) is 42.1 Å². The molecule has 3 heteroatoms. The van der Waals surface area contributed by atoms with Crippen molar-refractivity contribution < 1.29 is 0 Å². The largest absolute Gasteiger partial charge is 0.353 e. The third-order valence-corrected chi connectivity index (χ3v) is 5.20. The maximum absolute atomic E-state index is 5.90. The van der Waals surface area contributed by atoms with Gasteiger partial charge in [-0.3, -0.25) is 0 Å². The summed E-state index contributed by atoms with van der Waals surface area (Å²) in [6.45, 7) is 4.01. The maximum atomic E-state index is 5.90. The summed E-state index contributed by atoms with van der Waals surface area (Å²) < 4.78 is 0. The number of hydrogen-bond donors (Lipinski definition) is 1. The van der Waals surface area contributed by atoms with Gasteiger partial charge in [-0.05, 0) is 55.7 Å². The first-order valence-electron chi connectivity index (χ1n) is 8.78. The molecule has 1 aromatic heterocycles. The molecule has 2 heterocycles. The van der Waals surface area contributed by atoms with Crippen molar-refractivity contribution in [3.05, 3.63) is 23.4 Å². The molecule has 1 saturated carbocycles. The number of aromatic nitrogens is 1. The van der Waals surface area contributed by atoms with Crippen molar-refractivity contribution >= 4 is 5.82 Å². The minimum absolute atomic E-state index is 0.619. The van der Waals surface area contributed by atoms with Crippen molar-refractivity contribution in [2.45, 2.75) is 70.9 Å². The second kappa shape index (κ2) is 6.78. The van der Waals surface area contributed by atoms with Crippen molar-refractivity contribution in [2.75, 3.05) is 11.4 Å². The highest BCUT2D eigenvalue weighted by atomic mass is 15.2. The molecular weight excluding hydrogens is 258 g/mol. The molecule has 2 N–H and O–H groups in total. The lowest BCUT2D eigenvalue weighted by molar-refractivity contribution is 0.242. The monoisotopic (exact) mass is 287 g/mol. The van der Waals surface area contributed by atoms with Crippen molar-refractivity contribution in [3.8, 4) is 0 Å². The van der Waals surface area contributed by atoms with Crippen molar-refractivity contribution in [1.82, 2.24) is 4.98 Å². The Kier molecular flexibility index (Phi) is 4.79. The normalized spacial score (nSPS) is 25.7. The lowest BCUT2D eigenvalue weighted by atomic mass is 9.78. The molecule has 1 aliphatic carbocycles. The Balaban J connectivity index is 1.88. The fourth-order valence-corrected chi connectivity index (χ4v) is 4.19. The van der Waals surface area contributed by atoms with E-state index in [9.17, 15) is 0 Å². The average Bonchev–Trinajstić information content (AvgIpc) is 2.54. The van der Waals surface area contributed by atoms with E-state index in [-0.39, 0.29) is 0 Å². The summed E-state index contributed by atoms with van der Waals surface area (Å²) in [5, 5.41) is 0. The molecule has 0 bridgehead atoms. The first-order chi connectivity index (χ1) is 10.3. The van der Waals surface area contributed by atoms with Crippen LogP contribution in [0.1, 0.15) is 63.1 Å². The third-order valence-electron chi connectivity index (χ3n) is 5.20. The van der Waals surface area contributed by atoms with Gasteiger partial charge < -0.3 is 10.6 Å². The lowest BCUT2D eigenvalue weighted by Crippen LogP contribution is -2.47. The summed E-state index contributed by atoms with van der Waals surface area (Å²) in [6.07, 6.45) is 10.5. The van der Waals surface area contributed by atoms with Gasteiger partial charge in [0.15, 0.2) is 0 Å². The Bertz CT molecular complexity index is 470. The molecule has 1 saturated heterocycles. The summed E-state index contributed by atoms with van der Waals surface area (Å²) in [5.74, 6) is 2.09. The fourth-order valence-electron chi connectivity index (χ4n) is 4.19. The number of rotatable bonds is 4. The number of fused-ring (bicyclic) bond motifs is 1. The van der Waals surface area contributed by atoms with Crippen LogP contribution in [0.25, 0.3) is 0 Å². The average molecular weight is 287 g/mol. The van der Waals surface area contributed by atoms with E-state index in [4.69, 9.17) is 10.7 Å². The Morgan fingerprint density at radius 2 is 2.00 bits per heavy atom. The van der Waals surface area contributed by atoms with Gasteiger partial charge >= 0.3 is 0 Å². The number of hydrogen-bond acceptors (Lipinski definition) is 3. The van der Waals surface area contributed by atoms with Gasteiger partial charge in [0.2, 0.25) is 0 Å². The van der Waals surface area contributed by atoms with E-state index < -0.39 is 0 Å². The molecule has 2 fully saturated rings. The van der Waals surface area contributed by atoms with Crippen molar-refractivity contribution in [3.63, 3.8) is 0 Å². The van der Waals surface area contributed by atoms with Gasteiger partial charge in [0.1, 0.15) is 5.82 Å². The van der Waals surface area contributed by atoms with Gasteiger partial charge in [-0.2, -0.15) is 0 Å². The summed E-state index contributed by atoms with van der Waals surface area (Å²) in [5.41, 5.74) is 8.35. The zero-order chi connectivity index (χ0) is 14.7. The first-order valence-corrected chi connectivity index (χ1v) is 8.78. The Labute approximate surface area is 128 Å². The van der Waals surface area contributed by atoms with Crippen LogP contribution in [-0.4, -0.2) is 17.6 Å². The van der Waals surface area contributed by atoms with E-state index in [1.165, 1.54) is 62.1 Å². The molecule has 3 nitrogen and oxygen atoms in total. The highest BCUT2D eigenvalue weighted by Gasteiger charge is 2.33. The summed E-state index contributed by atoms with van der Waals surface area (Å²) in [6, 6.07) is 5.15. The number of aryl methyl sites for hydroxylation is 1. The SMILES string of the molecule is CCCc1cc(CN)cc(N2CCC[C@H]3CCCC[C@H]32)n1. The van der Waals surface area contributed by atoms with E-state index in [1.54, 1.807) is 0 Å². The second-order valence-electron chi connectivity index (χ2n) is 6.73. The van der Waals surface area contributed by atoms with Crippen LogP contribution in [0.4, 0.5) is 5.82 Å². The molecule has 0 spiro atoms. The molecule has 2 atom stereocenters. The first kappa shape index (κ1) is 14.8. The molecule has 1 aromatic rings. The van der Waals surface area contributed by atoms with Crippen LogP contribution in [0, 0.1) is 5.92 Å². The number of anilines is 1. The molecule has 0 unspecified atom stereocenters. The molecule has 21 heavy (non-hydrogen) atoms. The van der Waals surface area contributed by atoms with Gasteiger partial charge in [0.25, 0.3) is 0 Å². The van der Waals surface area contributed by atoms with Gasteiger partial charge in [-0.15, -0.1) is 0 Å². The number of nitrogens with two attached hydrogens (primary N) is 1. The highest BCUT2D eigenvalue weighted by Crippen LogP contribution is 2.37. The van der Waals surface area contributed by atoms with Crippen LogP contribution in [-0.2, 0) is 13.0 Å². The third kappa shape index (κ3) is 3.23. The fraction of sp³-hybridized carbons (Fsp3) is 0.722. The summed E-state index contributed by atoms with van der Waals surface area (Å²) in [4.78, 5) is 7.56. The van der Waals surface area contributed by atoms with E-state index >= 15 is 0 Å². The van der Waals surface area contributed by atoms with Crippen molar-refractivity contribution in [2.24, 2.45) is 11.7 Å². The Morgan fingerprint density at radius 1 is 1.19 bits per heavy atom. The van der Waals surface area contributed by atoms with Crippen LogP contribution in [0.15, 0.2) is 12.1 Å². The van der Waals surface area contributed by atoms with E-state index in [0.717, 1.165) is 24.8 Å². The predicted octanol–water partition coefficient (Wildman–Crippen LogP) is 3.65.